The van der Waals surface area contributed by atoms with Gasteiger partial charge in [0.25, 0.3) is 0 Å². The molecule has 0 radical (unpaired) electrons. The number of aliphatic carboxylic acids is 1. The van der Waals surface area contributed by atoms with Crippen LogP contribution in [0.3, 0.4) is 0 Å². The normalized spacial score (nSPS) is 18.2. The van der Waals surface area contributed by atoms with E-state index in [9.17, 15) is 9.59 Å². The van der Waals surface area contributed by atoms with E-state index in [0.717, 1.165) is 6.42 Å². The maximum Gasteiger partial charge on any atom is 0.314 e. The lowest BCUT2D eigenvalue weighted by Gasteiger charge is -2.18. The van der Waals surface area contributed by atoms with Gasteiger partial charge in [0.2, 0.25) is 0 Å². The highest BCUT2D eigenvalue weighted by Gasteiger charge is 2.40. The molecule has 0 aromatic heterocycles. The molecule has 0 aliphatic heterocycles. The highest BCUT2D eigenvalue weighted by molar-refractivity contribution is 5.76. The zero-order valence-electron chi connectivity index (χ0n) is 11.5. The van der Waals surface area contributed by atoms with Gasteiger partial charge >= 0.3 is 12.0 Å². The SMILES string of the molecule is CCC1(CNC(=O)NCC(C(=O)O)C(C)C)CC1. The van der Waals surface area contributed by atoms with Crippen LogP contribution in [0.1, 0.15) is 40.0 Å². The first-order valence-corrected chi connectivity index (χ1v) is 6.65. The Bertz CT molecular complexity index is 311. The van der Waals surface area contributed by atoms with E-state index in [4.69, 9.17) is 5.11 Å². The number of nitrogens with one attached hydrogen (secondary N) is 2. The highest BCUT2D eigenvalue weighted by Crippen LogP contribution is 2.47. The van der Waals surface area contributed by atoms with Gasteiger partial charge < -0.3 is 15.7 Å². The Hall–Kier alpha value is -1.26. The van der Waals surface area contributed by atoms with Crippen LogP contribution in [0, 0.1) is 17.3 Å². The third-order valence-corrected chi connectivity index (χ3v) is 3.94. The van der Waals surface area contributed by atoms with E-state index in [0.29, 0.717) is 12.0 Å². The summed E-state index contributed by atoms with van der Waals surface area (Å²) in [6, 6.07) is -0.262. The molecule has 104 valence electrons. The Morgan fingerprint density at radius 3 is 2.28 bits per heavy atom. The number of carbonyl (C=O) groups excluding carboxylic acids is 1. The summed E-state index contributed by atoms with van der Waals surface area (Å²) in [6.45, 7) is 6.68. The molecule has 0 aromatic carbocycles. The minimum Gasteiger partial charge on any atom is -0.481 e. The summed E-state index contributed by atoms with van der Waals surface area (Å²) in [6.07, 6.45) is 3.43. The van der Waals surface area contributed by atoms with Gasteiger partial charge in [-0.1, -0.05) is 20.8 Å². The number of hydrogen-bond donors (Lipinski definition) is 3. The number of rotatable bonds is 7. The number of amides is 2. The van der Waals surface area contributed by atoms with Crippen LogP contribution in [0.25, 0.3) is 0 Å². The summed E-state index contributed by atoms with van der Waals surface area (Å²) in [5, 5.41) is 14.5. The van der Waals surface area contributed by atoms with E-state index < -0.39 is 11.9 Å². The molecule has 1 rings (SSSR count). The van der Waals surface area contributed by atoms with Gasteiger partial charge in [-0.15, -0.1) is 0 Å². The quantitative estimate of drug-likeness (QED) is 0.650. The lowest BCUT2D eigenvalue weighted by molar-refractivity contribution is -0.142. The summed E-state index contributed by atoms with van der Waals surface area (Å²) in [4.78, 5) is 22.5. The van der Waals surface area contributed by atoms with Crippen LogP contribution in [0.5, 0.6) is 0 Å². The second-order valence-corrected chi connectivity index (χ2v) is 5.61. The molecule has 0 bridgehead atoms. The third-order valence-electron chi connectivity index (χ3n) is 3.94. The largest absolute Gasteiger partial charge is 0.481 e. The van der Waals surface area contributed by atoms with Crippen molar-refractivity contribution in [3.05, 3.63) is 0 Å². The van der Waals surface area contributed by atoms with Crippen LogP contribution < -0.4 is 10.6 Å². The fourth-order valence-electron chi connectivity index (χ4n) is 1.97. The molecular weight excluding hydrogens is 232 g/mol. The van der Waals surface area contributed by atoms with Crippen molar-refractivity contribution in [2.75, 3.05) is 13.1 Å². The Kier molecular flexibility index (Phi) is 4.99. The molecule has 1 aliphatic rings. The molecule has 1 unspecified atom stereocenters. The van der Waals surface area contributed by atoms with Gasteiger partial charge in [-0.3, -0.25) is 4.79 Å². The lowest BCUT2D eigenvalue weighted by atomic mass is 9.96. The summed E-state index contributed by atoms with van der Waals surface area (Å²) < 4.78 is 0. The Balaban J connectivity index is 2.25. The van der Waals surface area contributed by atoms with Gasteiger partial charge in [0.15, 0.2) is 0 Å². The second kappa shape index (κ2) is 6.07. The van der Waals surface area contributed by atoms with E-state index in [1.54, 1.807) is 0 Å². The van der Waals surface area contributed by atoms with Crippen LogP contribution in [-0.4, -0.2) is 30.2 Å². The van der Waals surface area contributed by atoms with Gasteiger partial charge in [-0.2, -0.15) is 0 Å². The number of carboxylic acids is 1. The zero-order valence-corrected chi connectivity index (χ0v) is 11.5. The summed E-state index contributed by atoms with van der Waals surface area (Å²) in [5.41, 5.74) is 0.307. The van der Waals surface area contributed by atoms with Crippen molar-refractivity contribution in [3.8, 4) is 0 Å². The molecule has 3 N–H and O–H groups in total. The molecule has 2 amide bonds. The lowest BCUT2D eigenvalue weighted by Crippen LogP contribution is -2.43. The molecule has 0 aromatic rings. The minimum atomic E-state index is -0.863. The Labute approximate surface area is 108 Å². The highest BCUT2D eigenvalue weighted by atomic mass is 16.4. The number of carboxylic acid groups (broad SMARTS) is 1. The zero-order chi connectivity index (χ0) is 13.8. The molecule has 1 fully saturated rings. The molecular formula is C13H24N2O3. The van der Waals surface area contributed by atoms with Gasteiger partial charge in [-0.05, 0) is 30.6 Å². The van der Waals surface area contributed by atoms with E-state index in [1.165, 1.54) is 12.8 Å². The number of hydrogen-bond acceptors (Lipinski definition) is 2. The van der Waals surface area contributed by atoms with Gasteiger partial charge in [0.05, 0.1) is 5.92 Å². The van der Waals surface area contributed by atoms with Crippen LogP contribution in [0.4, 0.5) is 4.79 Å². The molecule has 0 heterocycles. The molecule has 0 spiro atoms. The molecule has 5 heteroatoms. The minimum absolute atomic E-state index is 0.00761. The molecule has 0 saturated heterocycles. The Morgan fingerprint density at radius 1 is 1.28 bits per heavy atom. The van der Waals surface area contributed by atoms with Crippen molar-refractivity contribution in [2.24, 2.45) is 17.3 Å². The average Bonchev–Trinajstić information content (AvgIpc) is 3.06. The first-order chi connectivity index (χ1) is 8.40. The van der Waals surface area contributed by atoms with Crippen molar-refractivity contribution in [1.82, 2.24) is 10.6 Å². The first kappa shape index (κ1) is 14.8. The fraction of sp³-hybridized carbons (Fsp3) is 0.846. The maximum absolute atomic E-state index is 11.6. The molecule has 1 saturated carbocycles. The average molecular weight is 256 g/mol. The molecule has 1 atom stereocenters. The smallest absolute Gasteiger partial charge is 0.314 e. The Morgan fingerprint density at radius 2 is 1.89 bits per heavy atom. The van der Waals surface area contributed by atoms with Crippen molar-refractivity contribution in [1.29, 1.82) is 0 Å². The van der Waals surface area contributed by atoms with E-state index in [1.807, 2.05) is 13.8 Å². The third kappa shape index (κ3) is 4.20. The number of urea groups is 1. The van der Waals surface area contributed by atoms with E-state index in [2.05, 4.69) is 17.6 Å². The van der Waals surface area contributed by atoms with Crippen LogP contribution in [0.2, 0.25) is 0 Å². The fourth-order valence-corrected chi connectivity index (χ4v) is 1.97. The van der Waals surface area contributed by atoms with Crippen LogP contribution >= 0.6 is 0 Å². The second-order valence-electron chi connectivity index (χ2n) is 5.61. The van der Waals surface area contributed by atoms with Gasteiger partial charge in [-0.25, -0.2) is 4.79 Å². The summed E-state index contributed by atoms with van der Waals surface area (Å²) in [7, 11) is 0. The van der Waals surface area contributed by atoms with Crippen molar-refractivity contribution < 1.29 is 14.7 Å². The van der Waals surface area contributed by atoms with Gasteiger partial charge in [0, 0.05) is 13.1 Å². The topological polar surface area (TPSA) is 78.4 Å². The first-order valence-electron chi connectivity index (χ1n) is 6.65. The van der Waals surface area contributed by atoms with E-state index >= 15 is 0 Å². The van der Waals surface area contributed by atoms with Gasteiger partial charge in [0.1, 0.15) is 0 Å². The molecule has 1 aliphatic carbocycles. The van der Waals surface area contributed by atoms with Crippen LogP contribution in [-0.2, 0) is 4.79 Å². The summed E-state index contributed by atoms with van der Waals surface area (Å²) >= 11 is 0. The molecule has 5 nitrogen and oxygen atoms in total. The van der Waals surface area contributed by atoms with Crippen LogP contribution in [0.15, 0.2) is 0 Å². The monoisotopic (exact) mass is 256 g/mol. The van der Waals surface area contributed by atoms with Crippen molar-refractivity contribution >= 4 is 12.0 Å². The number of carbonyl (C=O) groups is 2. The van der Waals surface area contributed by atoms with Crippen molar-refractivity contribution in [2.45, 2.75) is 40.0 Å². The van der Waals surface area contributed by atoms with E-state index in [-0.39, 0.29) is 18.5 Å². The summed E-state index contributed by atoms with van der Waals surface area (Å²) in [5.74, 6) is -1.39. The maximum atomic E-state index is 11.6. The van der Waals surface area contributed by atoms with Crippen molar-refractivity contribution in [3.63, 3.8) is 0 Å². The predicted molar refractivity (Wildman–Crippen MR) is 69.3 cm³/mol. The standard InChI is InChI=1S/C13H24N2O3/c1-4-13(5-6-13)8-15-12(18)14-7-10(9(2)3)11(16)17/h9-10H,4-8H2,1-3H3,(H,16,17)(H2,14,15,18). The molecule has 18 heavy (non-hydrogen) atoms. The predicted octanol–water partition coefficient (Wildman–Crippen LogP) is 1.83.